The third kappa shape index (κ3) is 6.48. The summed E-state index contributed by atoms with van der Waals surface area (Å²) in [5, 5.41) is 20.9. The van der Waals surface area contributed by atoms with Gasteiger partial charge >= 0.3 is 23.5 Å². The molecular weight excluding hydrogens is 509 g/mol. The molecule has 0 amide bonds. The number of nitrogens with zero attached hydrogens (tertiary/aromatic N) is 1. The van der Waals surface area contributed by atoms with Crippen LogP contribution < -0.4 is 5.56 Å². The van der Waals surface area contributed by atoms with Gasteiger partial charge in [-0.25, -0.2) is 13.7 Å². The van der Waals surface area contributed by atoms with Gasteiger partial charge in [-0.1, -0.05) is 5.92 Å². The number of nitrogens with one attached hydrogen (secondary N) is 1. The Morgan fingerprint density at radius 3 is 2.39 bits per heavy atom. The number of H-pyrrole nitrogens is 1. The number of aliphatic hydroxyl groups excluding tert-OH is 1. The molecule has 0 aromatic carbocycles. The number of rotatable bonds is 8. The summed E-state index contributed by atoms with van der Waals surface area (Å²) in [6, 6.07) is 1.00. The third-order valence-corrected chi connectivity index (χ3v) is 7.75. The second-order valence-corrected chi connectivity index (χ2v) is 10.7. The van der Waals surface area contributed by atoms with Crippen molar-refractivity contribution in [3.05, 3.63) is 27.4 Å². The van der Waals surface area contributed by atoms with Gasteiger partial charge < -0.3 is 34.5 Å². The van der Waals surface area contributed by atoms with E-state index < -0.39 is 59.7 Å². The second kappa shape index (κ2) is 9.06. The molecular formula is C11H15N2O14P3S. The number of terminal acetylenes is 1. The highest BCUT2D eigenvalue weighted by Crippen LogP contribution is 2.66. The molecule has 1 saturated heterocycles. The summed E-state index contributed by atoms with van der Waals surface area (Å²) >= 11 is 4.92. The Bertz CT molecular complexity index is 1140. The summed E-state index contributed by atoms with van der Waals surface area (Å²) in [7, 11) is -16.8. The molecule has 2 heterocycles. The number of aromatic nitrogens is 2. The molecule has 16 nitrogen and oxygen atoms in total. The Morgan fingerprint density at radius 1 is 1.26 bits per heavy atom. The monoisotopic (exact) mass is 524 g/mol. The molecule has 1 aliphatic rings. The Kier molecular flexibility index (Phi) is 7.66. The van der Waals surface area contributed by atoms with Crippen molar-refractivity contribution in [2.24, 2.45) is 0 Å². The Labute approximate surface area is 177 Å². The molecule has 0 aliphatic carbocycles. The van der Waals surface area contributed by atoms with Gasteiger partial charge in [0.15, 0.2) is 16.6 Å². The van der Waals surface area contributed by atoms with Crippen LogP contribution in [-0.2, 0) is 31.6 Å². The van der Waals surface area contributed by atoms with E-state index in [0.717, 1.165) is 16.8 Å². The molecule has 1 aliphatic heterocycles. The van der Waals surface area contributed by atoms with Crippen LogP contribution in [0.2, 0.25) is 0 Å². The minimum Gasteiger partial charge on any atom is -0.386 e. The fourth-order valence-corrected chi connectivity index (χ4v) is 5.71. The molecule has 31 heavy (non-hydrogen) atoms. The van der Waals surface area contributed by atoms with Gasteiger partial charge in [0, 0.05) is 12.3 Å². The number of ether oxygens (including phenoxy) is 1. The van der Waals surface area contributed by atoms with Crippen molar-refractivity contribution in [3.63, 3.8) is 0 Å². The number of aromatic amines is 1. The van der Waals surface area contributed by atoms with Crippen molar-refractivity contribution in [1.29, 1.82) is 0 Å². The lowest BCUT2D eigenvalue weighted by Crippen LogP contribution is -2.46. The van der Waals surface area contributed by atoms with Crippen molar-refractivity contribution in [1.82, 2.24) is 9.55 Å². The first-order chi connectivity index (χ1) is 14.0. The normalized spacial score (nSPS) is 30.3. The van der Waals surface area contributed by atoms with Crippen molar-refractivity contribution in [3.8, 4) is 12.3 Å². The molecule has 0 bridgehead atoms. The molecule has 3 unspecified atom stereocenters. The molecule has 1 aromatic rings. The molecule has 1 aromatic heterocycles. The van der Waals surface area contributed by atoms with Gasteiger partial charge in [0.05, 0.1) is 6.61 Å². The van der Waals surface area contributed by atoms with Gasteiger partial charge in [-0.2, -0.15) is 8.62 Å². The topological polar surface area (TPSA) is 247 Å². The molecule has 1 fully saturated rings. The number of aliphatic hydroxyl groups is 2. The van der Waals surface area contributed by atoms with E-state index in [1.165, 1.54) is 0 Å². The van der Waals surface area contributed by atoms with Crippen molar-refractivity contribution < 1.29 is 61.4 Å². The lowest BCUT2D eigenvalue weighted by Gasteiger charge is -2.26. The molecule has 174 valence electrons. The summed E-state index contributed by atoms with van der Waals surface area (Å²) in [5.41, 5.74) is -3.06. The van der Waals surface area contributed by atoms with Crippen LogP contribution in [0.3, 0.4) is 0 Å². The number of phosphoric ester groups is 1. The molecule has 2 rings (SSSR count). The average molecular weight is 524 g/mol. The lowest BCUT2D eigenvalue weighted by atomic mass is 9.95. The minimum atomic E-state index is -5.75. The van der Waals surface area contributed by atoms with Crippen molar-refractivity contribution >= 4 is 35.7 Å². The highest BCUT2D eigenvalue weighted by Gasteiger charge is 2.56. The van der Waals surface area contributed by atoms with Crippen LogP contribution in [0.4, 0.5) is 0 Å². The van der Waals surface area contributed by atoms with Crippen molar-refractivity contribution in [2.75, 3.05) is 6.61 Å². The summed E-state index contributed by atoms with van der Waals surface area (Å²) in [6.45, 7) is -1.08. The molecule has 0 spiro atoms. The highest BCUT2D eigenvalue weighted by molar-refractivity contribution is 7.71. The predicted octanol–water partition coefficient (Wildman–Crippen LogP) is -1.13. The SMILES string of the molecule is C#CC1(O)[C@@H](O)[C@@H](COP(=O)(O)OP(=O)(O)OP(=O)(O)O)O[C@H]1n1ccc(=O)[nH]c1=S. The van der Waals surface area contributed by atoms with Crippen LogP contribution in [-0.4, -0.2) is 63.8 Å². The van der Waals surface area contributed by atoms with Gasteiger partial charge in [0.25, 0.3) is 5.56 Å². The van der Waals surface area contributed by atoms with E-state index in [9.17, 15) is 33.6 Å². The van der Waals surface area contributed by atoms with Crippen LogP contribution in [0.1, 0.15) is 6.23 Å². The standard InChI is InChI=1S/C11H15N2O14P3S/c1-2-11(16)8(15)6(25-9(11)13-4-3-7(14)12-10(13)31)5-24-29(20,21)27-30(22,23)26-28(17,18)19/h1,3-4,6,8-9,15-16H,5H2,(H,20,21)(H,22,23)(H,12,14,31)(H2,17,18,19)/t6-,8+,9-,11?/m1/s1. The Balaban J connectivity index is 2.19. The van der Waals surface area contributed by atoms with Gasteiger partial charge in [0.2, 0.25) is 0 Å². The van der Waals surface area contributed by atoms with Gasteiger partial charge in [0.1, 0.15) is 12.2 Å². The smallest absolute Gasteiger partial charge is 0.386 e. The van der Waals surface area contributed by atoms with E-state index >= 15 is 0 Å². The lowest BCUT2D eigenvalue weighted by molar-refractivity contribution is -0.0751. The molecule has 7 N–H and O–H groups in total. The summed E-state index contributed by atoms with van der Waals surface area (Å²) < 4.78 is 51.2. The van der Waals surface area contributed by atoms with E-state index in [1.54, 1.807) is 0 Å². The number of hydrogen-bond acceptors (Lipinski definition) is 11. The minimum absolute atomic E-state index is 0.257. The Morgan fingerprint density at radius 2 is 1.87 bits per heavy atom. The average Bonchev–Trinajstić information content (AvgIpc) is 2.82. The number of phosphoric acid groups is 3. The van der Waals surface area contributed by atoms with E-state index in [1.807, 2.05) is 5.92 Å². The van der Waals surface area contributed by atoms with E-state index in [0.29, 0.717) is 0 Å². The predicted molar refractivity (Wildman–Crippen MR) is 99.4 cm³/mol. The first-order valence-electron chi connectivity index (χ1n) is 7.63. The van der Waals surface area contributed by atoms with Gasteiger partial charge in [-0.15, -0.1) is 6.42 Å². The second-order valence-electron chi connectivity index (χ2n) is 5.85. The van der Waals surface area contributed by atoms with Crippen LogP contribution in [0, 0.1) is 17.1 Å². The van der Waals surface area contributed by atoms with Gasteiger partial charge in [-0.3, -0.25) is 18.9 Å². The maximum atomic E-state index is 11.8. The zero-order valence-corrected chi connectivity index (χ0v) is 18.3. The molecule has 20 heteroatoms. The maximum absolute atomic E-state index is 11.8. The first-order valence-corrected chi connectivity index (χ1v) is 12.6. The Hall–Kier alpha value is -1.05. The van der Waals surface area contributed by atoms with E-state index in [4.69, 9.17) is 38.1 Å². The largest absolute Gasteiger partial charge is 0.490 e. The quantitative estimate of drug-likeness (QED) is 0.121. The van der Waals surface area contributed by atoms with Crippen LogP contribution in [0.25, 0.3) is 0 Å². The van der Waals surface area contributed by atoms with E-state index in [-0.39, 0.29) is 4.77 Å². The summed E-state index contributed by atoms with van der Waals surface area (Å²) in [6.07, 6.45) is 1.13. The maximum Gasteiger partial charge on any atom is 0.490 e. The van der Waals surface area contributed by atoms with Crippen molar-refractivity contribution in [2.45, 2.75) is 24.0 Å². The molecule has 0 saturated carbocycles. The molecule has 6 atom stereocenters. The van der Waals surface area contributed by atoms with Crippen LogP contribution >= 0.6 is 35.7 Å². The zero-order valence-electron chi connectivity index (χ0n) is 14.8. The fraction of sp³-hybridized carbons (Fsp3) is 0.455. The first kappa shape index (κ1) is 26.2. The third-order valence-electron chi connectivity index (χ3n) is 3.64. The van der Waals surface area contributed by atoms with Crippen LogP contribution in [0.15, 0.2) is 17.1 Å². The van der Waals surface area contributed by atoms with Gasteiger partial charge in [-0.05, 0) is 12.2 Å². The highest BCUT2D eigenvalue weighted by atomic mass is 32.1. The van der Waals surface area contributed by atoms with Crippen LogP contribution in [0.5, 0.6) is 0 Å². The summed E-state index contributed by atoms with van der Waals surface area (Å²) in [4.78, 5) is 49.1. The van der Waals surface area contributed by atoms with E-state index in [2.05, 4.69) is 18.1 Å². The summed E-state index contributed by atoms with van der Waals surface area (Å²) in [5.74, 6) is 1.88. The number of hydrogen-bond donors (Lipinski definition) is 7. The fourth-order valence-electron chi connectivity index (χ4n) is 2.42. The molecule has 0 radical (unpaired) electrons. The zero-order chi connectivity index (χ0) is 23.8.